The molecule has 6 aromatic rings. The highest BCUT2D eigenvalue weighted by Crippen LogP contribution is 2.36. The molecule has 0 radical (unpaired) electrons. The summed E-state index contributed by atoms with van der Waals surface area (Å²) in [6, 6.07) is 22.3. The van der Waals surface area contributed by atoms with E-state index in [1.54, 1.807) is 16.8 Å². The summed E-state index contributed by atoms with van der Waals surface area (Å²) in [4.78, 5) is 18.2. The summed E-state index contributed by atoms with van der Waals surface area (Å²) in [5.74, 6) is -0.594. The molecule has 7 heteroatoms. The molecule has 0 aliphatic heterocycles. The van der Waals surface area contributed by atoms with Crippen molar-refractivity contribution in [3.63, 3.8) is 0 Å². The fourth-order valence-corrected chi connectivity index (χ4v) is 4.26. The molecule has 0 amide bonds. The van der Waals surface area contributed by atoms with Crippen LogP contribution >= 0.6 is 11.6 Å². The van der Waals surface area contributed by atoms with Crippen molar-refractivity contribution in [1.82, 2.24) is 14.6 Å². The summed E-state index contributed by atoms with van der Waals surface area (Å²) in [6.07, 6.45) is 1.80. The van der Waals surface area contributed by atoms with E-state index in [1.165, 1.54) is 24.3 Å². The molecule has 3 aromatic heterocycles. The smallest absolute Gasteiger partial charge is 0.228 e. The number of carbonyl (C=O) groups is 1. The molecule has 6 rings (SSSR count). The van der Waals surface area contributed by atoms with Crippen molar-refractivity contribution < 1.29 is 13.6 Å². The number of hydrogen-bond acceptors (Lipinski definition) is 4. The Bertz CT molecular complexity index is 1740. The lowest BCUT2D eigenvalue weighted by Gasteiger charge is -2.04. The third-order valence-electron chi connectivity index (χ3n) is 5.88. The van der Waals surface area contributed by atoms with Crippen molar-refractivity contribution in [2.45, 2.75) is 6.92 Å². The Balaban J connectivity index is 1.52. The Kier molecular flexibility index (Phi) is 4.97. The first-order valence-corrected chi connectivity index (χ1v) is 11.3. The third-order valence-corrected chi connectivity index (χ3v) is 6.13. The quantitative estimate of drug-likeness (QED) is 0.251. The largest absolute Gasteiger partial charge is 0.452 e. The van der Waals surface area contributed by atoms with Crippen molar-refractivity contribution >= 4 is 34.0 Å². The fraction of sp³-hybridized carbons (Fsp3) is 0.0357. The highest BCUT2D eigenvalue weighted by molar-refractivity contribution is 6.30. The second-order valence-electron chi connectivity index (χ2n) is 8.29. The molecule has 0 aliphatic rings. The van der Waals surface area contributed by atoms with Crippen LogP contribution < -0.4 is 0 Å². The van der Waals surface area contributed by atoms with Gasteiger partial charge in [-0.2, -0.15) is 5.10 Å². The number of fused-ring (bicyclic) bond motifs is 2. The monoisotopic (exact) mass is 481 g/mol. The van der Waals surface area contributed by atoms with Gasteiger partial charge in [0.2, 0.25) is 5.78 Å². The fourth-order valence-electron chi connectivity index (χ4n) is 4.14. The van der Waals surface area contributed by atoms with Gasteiger partial charge in [0, 0.05) is 33.8 Å². The van der Waals surface area contributed by atoms with E-state index in [-0.39, 0.29) is 11.5 Å². The van der Waals surface area contributed by atoms with Crippen LogP contribution in [0.3, 0.4) is 0 Å². The van der Waals surface area contributed by atoms with E-state index in [1.807, 2.05) is 55.5 Å². The van der Waals surface area contributed by atoms with E-state index < -0.39 is 5.82 Å². The molecule has 0 fully saturated rings. The molecule has 3 aromatic carbocycles. The van der Waals surface area contributed by atoms with Crippen LogP contribution in [0.15, 0.2) is 89.5 Å². The van der Waals surface area contributed by atoms with Gasteiger partial charge in [-0.1, -0.05) is 35.4 Å². The molecule has 0 bridgehead atoms. The maximum absolute atomic E-state index is 13.4. The number of ketones is 1. The van der Waals surface area contributed by atoms with Crippen molar-refractivity contribution in [1.29, 1.82) is 0 Å². The van der Waals surface area contributed by atoms with Gasteiger partial charge in [-0.15, -0.1) is 0 Å². The summed E-state index contributed by atoms with van der Waals surface area (Å²) in [5, 5.41) is 6.04. The minimum atomic E-state index is -0.411. The molecule has 170 valence electrons. The minimum Gasteiger partial charge on any atom is -0.452 e. The topological polar surface area (TPSA) is 60.4 Å². The normalized spacial score (nSPS) is 11.4. The number of furan rings is 1. The SMILES string of the molecule is Cc1ccc2oc(C(=O)c3ccc(F)cc3)c(-c3ccn4nc(-c5ccc(Cl)cc5)cc4n3)c2c1. The lowest BCUT2D eigenvalue weighted by atomic mass is 10.0. The molecular weight excluding hydrogens is 465 g/mol. The highest BCUT2D eigenvalue weighted by atomic mass is 35.5. The molecule has 0 saturated carbocycles. The molecule has 0 unspecified atom stereocenters. The second-order valence-corrected chi connectivity index (χ2v) is 8.73. The average molecular weight is 482 g/mol. The van der Waals surface area contributed by atoms with Gasteiger partial charge in [-0.3, -0.25) is 4.79 Å². The summed E-state index contributed by atoms with van der Waals surface area (Å²) in [5.41, 5.74) is 5.39. The molecule has 0 saturated heterocycles. The van der Waals surface area contributed by atoms with E-state index in [2.05, 4.69) is 5.10 Å². The molecule has 35 heavy (non-hydrogen) atoms. The number of nitrogens with zero attached hydrogens (tertiary/aromatic N) is 3. The Hall–Kier alpha value is -4.29. The molecule has 5 nitrogen and oxygen atoms in total. The number of aromatic nitrogens is 3. The van der Waals surface area contributed by atoms with Crippen molar-refractivity contribution in [2.24, 2.45) is 0 Å². The predicted molar refractivity (Wildman–Crippen MR) is 133 cm³/mol. The van der Waals surface area contributed by atoms with Gasteiger partial charge in [-0.25, -0.2) is 13.9 Å². The Morgan fingerprint density at radius 3 is 2.49 bits per heavy atom. The van der Waals surface area contributed by atoms with Crippen molar-refractivity contribution in [3.8, 4) is 22.5 Å². The first kappa shape index (κ1) is 21.3. The number of halogens is 2. The minimum absolute atomic E-state index is 0.159. The van der Waals surface area contributed by atoms with Crippen LogP contribution in [0.4, 0.5) is 4.39 Å². The van der Waals surface area contributed by atoms with E-state index in [0.29, 0.717) is 33.1 Å². The van der Waals surface area contributed by atoms with Crippen LogP contribution in [0.25, 0.3) is 39.1 Å². The van der Waals surface area contributed by atoms with E-state index in [4.69, 9.17) is 21.0 Å². The van der Waals surface area contributed by atoms with E-state index >= 15 is 0 Å². The predicted octanol–water partition coefficient (Wildman–Crippen LogP) is 7.14. The standard InChI is InChI=1S/C28H17ClFN3O2/c1-16-2-11-24-21(14-16)26(28(35-24)27(34)18-5-9-20(30)10-6-18)22-12-13-33-25(31-22)15-23(32-33)17-3-7-19(29)8-4-17/h2-15H,1H3. The van der Waals surface area contributed by atoms with Crippen LogP contribution in [0.2, 0.25) is 5.02 Å². The summed E-state index contributed by atoms with van der Waals surface area (Å²) in [7, 11) is 0. The van der Waals surface area contributed by atoms with E-state index in [9.17, 15) is 9.18 Å². The van der Waals surface area contributed by atoms with Gasteiger partial charge in [0.05, 0.1) is 17.0 Å². The lowest BCUT2D eigenvalue weighted by Crippen LogP contribution is -2.02. The van der Waals surface area contributed by atoms with Gasteiger partial charge in [-0.05, 0) is 61.5 Å². The zero-order chi connectivity index (χ0) is 24.1. The molecule has 3 heterocycles. The van der Waals surface area contributed by atoms with Crippen molar-refractivity contribution in [3.05, 3.63) is 113 Å². The summed E-state index contributed by atoms with van der Waals surface area (Å²) < 4.78 is 21.2. The van der Waals surface area contributed by atoms with Crippen LogP contribution in [0.5, 0.6) is 0 Å². The molecule has 0 atom stereocenters. The maximum atomic E-state index is 13.4. The van der Waals surface area contributed by atoms with Crippen LogP contribution in [-0.4, -0.2) is 20.4 Å². The van der Waals surface area contributed by atoms with Gasteiger partial charge in [0.15, 0.2) is 11.4 Å². The number of aryl methyl sites for hydroxylation is 1. The first-order valence-electron chi connectivity index (χ1n) is 10.9. The van der Waals surface area contributed by atoms with Crippen LogP contribution in [0.1, 0.15) is 21.7 Å². The van der Waals surface area contributed by atoms with Gasteiger partial charge in [0.25, 0.3) is 0 Å². The van der Waals surface area contributed by atoms with Gasteiger partial charge >= 0.3 is 0 Å². The number of benzene rings is 3. The van der Waals surface area contributed by atoms with Crippen molar-refractivity contribution in [2.75, 3.05) is 0 Å². The Labute approximate surface area is 204 Å². The zero-order valence-electron chi connectivity index (χ0n) is 18.5. The summed E-state index contributed by atoms with van der Waals surface area (Å²) in [6.45, 7) is 1.98. The lowest BCUT2D eigenvalue weighted by molar-refractivity contribution is 0.101. The number of hydrogen-bond donors (Lipinski definition) is 0. The van der Waals surface area contributed by atoms with Crippen LogP contribution in [0, 0.1) is 12.7 Å². The molecular formula is C28H17ClFN3O2. The third kappa shape index (κ3) is 3.78. The second kappa shape index (κ2) is 8.18. The first-order chi connectivity index (χ1) is 17.0. The number of carbonyl (C=O) groups excluding carboxylic acids is 1. The Morgan fingerprint density at radius 1 is 0.943 bits per heavy atom. The van der Waals surface area contributed by atoms with E-state index in [0.717, 1.165) is 22.2 Å². The molecule has 0 spiro atoms. The zero-order valence-corrected chi connectivity index (χ0v) is 19.3. The number of rotatable bonds is 4. The van der Waals surface area contributed by atoms with Crippen LogP contribution in [-0.2, 0) is 0 Å². The average Bonchev–Trinajstić information content (AvgIpc) is 3.45. The Morgan fingerprint density at radius 2 is 1.71 bits per heavy atom. The highest BCUT2D eigenvalue weighted by Gasteiger charge is 2.24. The molecule has 0 N–H and O–H groups in total. The summed E-state index contributed by atoms with van der Waals surface area (Å²) >= 11 is 6.01. The maximum Gasteiger partial charge on any atom is 0.228 e. The van der Waals surface area contributed by atoms with Gasteiger partial charge in [0.1, 0.15) is 11.4 Å². The molecule has 0 aliphatic carbocycles. The van der Waals surface area contributed by atoms with Gasteiger partial charge < -0.3 is 4.42 Å².